The molecular formula is C9H5NO2S. The Kier molecular flexibility index (Phi) is 1.90. The zero-order chi connectivity index (χ0) is 9.26. The van der Waals surface area contributed by atoms with E-state index in [4.69, 9.17) is 0 Å². The molecule has 0 saturated carbocycles. The van der Waals surface area contributed by atoms with Gasteiger partial charge < -0.3 is 0 Å². The summed E-state index contributed by atoms with van der Waals surface area (Å²) >= 11 is 1.30. The molecule has 0 amide bonds. The second-order valence-electron chi connectivity index (χ2n) is 2.49. The molecule has 13 heavy (non-hydrogen) atoms. The van der Waals surface area contributed by atoms with E-state index >= 15 is 0 Å². The van der Waals surface area contributed by atoms with Crippen LogP contribution < -0.4 is 5.43 Å². The molecule has 64 valence electrons. The second kappa shape index (κ2) is 3.06. The van der Waals surface area contributed by atoms with Gasteiger partial charge in [-0.15, -0.1) is 11.3 Å². The minimum Gasteiger partial charge on any atom is -0.298 e. The van der Waals surface area contributed by atoms with Crippen LogP contribution in [0.15, 0.2) is 28.5 Å². The van der Waals surface area contributed by atoms with E-state index in [0.717, 1.165) is 0 Å². The van der Waals surface area contributed by atoms with Gasteiger partial charge >= 0.3 is 0 Å². The summed E-state index contributed by atoms with van der Waals surface area (Å²) in [4.78, 5) is 26.6. The summed E-state index contributed by atoms with van der Waals surface area (Å²) in [6.07, 6.45) is 2.20. The number of carbonyl (C=O) groups is 1. The summed E-state index contributed by atoms with van der Waals surface area (Å²) in [5.74, 6) is 0. The third kappa shape index (κ3) is 1.25. The minimum atomic E-state index is -0.239. The average molecular weight is 191 g/mol. The van der Waals surface area contributed by atoms with Gasteiger partial charge in [0, 0.05) is 11.6 Å². The van der Waals surface area contributed by atoms with Crippen LogP contribution in [0.1, 0.15) is 10.4 Å². The van der Waals surface area contributed by atoms with Crippen molar-refractivity contribution in [1.82, 2.24) is 4.98 Å². The highest BCUT2D eigenvalue weighted by Gasteiger charge is 2.03. The summed E-state index contributed by atoms with van der Waals surface area (Å²) < 4.78 is 0. The summed E-state index contributed by atoms with van der Waals surface area (Å²) in [6.45, 7) is 0. The van der Waals surface area contributed by atoms with E-state index in [-0.39, 0.29) is 11.0 Å². The fourth-order valence-electron chi connectivity index (χ4n) is 1.07. The lowest BCUT2D eigenvalue weighted by atomic mass is 10.2. The first kappa shape index (κ1) is 8.07. The smallest absolute Gasteiger partial charge is 0.200 e. The highest BCUT2D eigenvalue weighted by molar-refractivity contribution is 7.16. The van der Waals surface area contributed by atoms with Crippen molar-refractivity contribution in [2.75, 3.05) is 0 Å². The van der Waals surface area contributed by atoms with E-state index < -0.39 is 0 Å². The molecule has 2 heterocycles. The highest BCUT2D eigenvalue weighted by Crippen LogP contribution is 2.12. The Hall–Kier alpha value is -1.55. The molecule has 2 aromatic rings. The molecule has 0 fully saturated rings. The van der Waals surface area contributed by atoms with Crippen LogP contribution in [-0.2, 0) is 0 Å². The molecule has 0 aliphatic rings. The largest absolute Gasteiger partial charge is 0.298 e. The number of nitrogens with zero attached hydrogens (tertiary/aromatic N) is 1. The predicted molar refractivity (Wildman–Crippen MR) is 51.3 cm³/mol. The molecular weight excluding hydrogens is 186 g/mol. The van der Waals surface area contributed by atoms with Crippen molar-refractivity contribution in [2.24, 2.45) is 0 Å². The zero-order valence-electron chi connectivity index (χ0n) is 6.56. The molecule has 0 aromatic carbocycles. The number of aldehydes is 1. The van der Waals surface area contributed by atoms with Gasteiger partial charge in [0.05, 0.1) is 10.9 Å². The number of hydrogen-bond donors (Lipinski definition) is 0. The maximum absolute atomic E-state index is 11.5. The molecule has 2 aromatic heterocycles. The topological polar surface area (TPSA) is 47.0 Å². The van der Waals surface area contributed by atoms with Crippen molar-refractivity contribution in [3.05, 3.63) is 39.5 Å². The van der Waals surface area contributed by atoms with Crippen LogP contribution >= 0.6 is 11.3 Å². The molecule has 0 spiro atoms. The van der Waals surface area contributed by atoms with Crippen molar-refractivity contribution >= 4 is 27.8 Å². The normalized spacial score (nSPS) is 10.2. The van der Waals surface area contributed by atoms with Crippen LogP contribution in [0, 0.1) is 0 Å². The van der Waals surface area contributed by atoms with Gasteiger partial charge in [0.2, 0.25) is 0 Å². The lowest BCUT2D eigenvalue weighted by Crippen LogP contribution is -2.06. The maximum Gasteiger partial charge on any atom is 0.200 e. The van der Waals surface area contributed by atoms with Crippen molar-refractivity contribution in [2.45, 2.75) is 0 Å². The number of rotatable bonds is 1. The van der Waals surface area contributed by atoms with Gasteiger partial charge in [-0.2, -0.15) is 0 Å². The van der Waals surface area contributed by atoms with Gasteiger partial charge in [-0.3, -0.25) is 9.59 Å². The lowest BCUT2D eigenvalue weighted by Gasteiger charge is -1.93. The van der Waals surface area contributed by atoms with E-state index in [0.29, 0.717) is 16.5 Å². The van der Waals surface area contributed by atoms with Gasteiger partial charge in [-0.25, -0.2) is 4.98 Å². The number of fused-ring (bicyclic) bond motifs is 1. The molecule has 0 bridgehead atoms. The number of carbonyl (C=O) groups excluding carboxylic acids is 1. The van der Waals surface area contributed by atoms with E-state index in [1.165, 1.54) is 16.7 Å². The van der Waals surface area contributed by atoms with Crippen molar-refractivity contribution < 1.29 is 4.79 Å². The second-order valence-corrected chi connectivity index (χ2v) is 3.35. The molecule has 0 unspecified atom stereocenters. The molecule has 0 radical (unpaired) electrons. The van der Waals surface area contributed by atoms with Gasteiger partial charge in [-0.1, -0.05) is 0 Å². The number of hydrogen-bond acceptors (Lipinski definition) is 4. The fraction of sp³-hybridized carbons (Fsp3) is 0. The predicted octanol–water partition coefficient (Wildman–Crippen LogP) is 1.47. The summed E-state index contributed by atoms with van der Waals surface area (Å²) in [6, 6.07) is 3.36. The first-order chi connectivity index (χ1) is 6.33. The van der Waals surface area contributed by atoms with Crippen LogP contribution in [-0.4, -0.2) is 11.3 Å². The molecule has 0 aliphatic carbocycles. The highest BCUT2D eigenvalue weighted by atomic mass is 32.1. The molecule has 3 nitrogen and oxygen atoms in total. The van der Waals surface area contributed by atoms with E-state index in [9.17, 15) is 9.59 Å². The summed E-state index contributed by atoms with van der Waals surface area (Å²) in [7, 11) is 0. The Bertz CT molecular complexity index is 518. The van der Waals surface area contributed by atoms with Crippen molar-refractivity contribution in [3.63, 3.8) is 0 Å². The summed E-state index contributed by atoms with van der Waals surface area (Å²) in [5, 5.41) is 2.04. The Labute approximate surface area is 77.7 Å². The molecule has 4 heteroatoms. The van der Waals surface area contributed by atoms with E-state index in [1.54, 1.807) is 18.3 Å². The molecule has 0 aliphatic heterocycles. The zero-order valence-corrected chi connectivity index (χ0v) is 7.38. The van der Waals surface area contributed by atoms with Gasteiger partial charge in [0.25, 0.3) is 0 Å². The van der Waals surface area contributed by atoms with Crippen molar-refractivity contribution in [1.29, 1.82) is 0 Å². The molecule has 0 atom stereocenters. The standard InChI is InChI=1S/C9H5NO2S/c11-4-6-5-13-9-7(8(6)12)2-1-3-10-9/h1-5H. The first-order valence-electron chi connectivity index (χ1n) is 3.64. The molecule has 0 saturated heterocycles. The van der Waals surface area contributed by atoms with E-state index in [1.807, 2.05) is 0 Å². The van der Waals surface area contributed by atoms with Crippen LogP contribution in [0.5, 0.6) is 0 Å². The van der Waals surface area contributed by atoms with Crippen LogP contribution in [0.4, 0.5) is 0 Å². The third-order valence-electron chi connectivity index (χ3n) is 1.70. The van der Waals surface area contributed by atoms with Crippen LogP contribution in [0.3, 0.4) is 0 Å². The third-order valence-corrected chi connectivity index (χ3v) is 2.62. The molecule has 0 N–H and O–H groups in total. The Balaban J connectivity index is 2.95. The SMILES string of the molecule is O=Cc1csc2ncccc2c1=O. The number of pyridine rings is 1. The quantitative estimate of drug-likeness (QED) is 0.641. The van der Waals surface area contributed by atoms with E-state index in [2.05, 4.69) is 4.98 Å². The fourth-order valence-corrected chi connectivity index (χ4v) is 1.88. The first-order valence-corrected chi connectivity index (χ1v) is 4.52. The lowest BCUT2D eigenvalue weighted by molar-refractivity contribution is 0.112. The van der Waals surface area contributed by atoms with Crippen molar-refractivity contribution in [3.8, 4) is 0 Å². The number of aromatic nitrogens is 1. The average Bonchev–Trinajstić information content (AvgIpc) is 2.19. The van der Waals surface area contributed by atoms with Gasteiger partial charge in [0.15, 0.2) is 11.7 Å². The maximum atomic E-state index is 11.5. The Morgan fingerprint density at radius 3 is 3.08 bits per heavy atom. The van der Waals surface area contributed by atoms with Crippen LogP contribution in [0.25, 0.3) is 10.2 Å². The van der Waals surface area contributed by atoms with Crippen LogP contribution in [0.2, 0.25) is 0 Å². The Morgan fingerprint density at radius 2 is 2.31 bits per heavy atom. The van der Waals surface area contributed by atoms with Gasteiger partial charge in [0.1, 0.15) is 4.83 Å². The van der Waals surface area contributed by atoms with Gasteiger partial charge in [-0.05, 0) is 12.1 Å². The monoisotopic (exact) mass is 191 g/mol. The molecule has 2 rings (SSSR count). The minimum absolute atomic E-state index is 0.200. The Morgan fingerprint density at radius 1 is 1.46 bits per heavy atom. The summed E-state index contributed by atoms with van der Waals surface area (Å²) in [5.41, 5.74) is -0.0395.